The molecule has 0 aliphatic heterocycles. The standard InChI is InChI=1S/C12H19N3O2/c1-8(2)15(6-5-12(16)17)11-7-13-9(3)10(4)14-11/h7-8H,5-6H2,1-4H3,(H,16,17). The van der Waals surface area contributed by atoms with Gasteiger partial charge in [-0.2, -0.15) is 0 Å². The molecule has 1 rings (SSSR count). The highest BCUT2D eigenvalue weighted by Crippen LogP contribution is 2.15. The third-order valence-corrected chi connectivity index (χ3v) is 2.66. The minimum atomic E-state index is -0.799. The van der Waals surface area contributed by atoms with E-state index in [0.717, 1.165) is 17.2 Å². The minimum Gasteiger partial charge on any atom is -0.481 e. The Balaban J connectivity index is 2.89. The first-order chi connectivity index (χ1) is 7.91. The molecule has 0 aliphatic rings. The fourth-order valence-corrected chi connectivity index (χ4v) is 1.52. The zero-order valence-corrected chi connectivity index (χ0v) is 10.8. The highest BCUT2D eigenvalue weighted by Gasteiger charge is 2.14. The van der Waals surface area contributed by atoms with E-state index in [2.05, 4.69) is 9.97 Å². The molecular formula is C12H19N3O2. The maximum absolute atomic E-state index is 10.6. The molecule has 1 aromatic rings. The van der Waals surface area contributed by atoms with Crippen molar-refractivity contribution in [3.05, 3.63) is 17.6 Å². The van der Waals surface area contributed by atoms with Gasteiger partial charge in [0.2, 0.25) is 0 Å². The third kappa shape index (κ3) is 3.69. The quantitative estimate of drug-likeness (QED) is 0.845. The Morgan fingerprint density at radius 3 is 2.53 bits per heavy atom. The monoisotopic (exact) mass is 237 g/mol. The van der Waals surface area contributed by atoms with Crippen LogP contribution >= 0.6 is 0 Å². The summed E-state index contributed by atoms with van der Waals surface area (Å²) in [5.41, 5.74) is 1.78. The van der Waals surface area contributed by atoms with Crippen LogP contribution in [0.2, 0.25) is 0 Å². The van der Waals surface area contributed by atoms with E-state index < -0.39 is 5.97 Å². The molecule has 1 N–H and O–H groups in total. The van der Waals surface area contributed by atoms with Gasteiger partial charge in [-0.05, 0) is 27.7 Å². The SMILES string of the molecule is Cc1ncc(N(CCC(=O)O)C(C)C)nc1C. The first-order valence-corrected chi connectivity index (χ1v) is 5.70. The molecule has 1 aromatic heterocycles. The molecule has 0 amide bonds. The average molecular weight is 237 g/mol. The van der Waals surface area contributed by atoms with Gasteiger partial charge in [0.1, 0.15) is 5.82 Å². The van der Waals surface area contributed by atoms with Crippen LogP contribution in [-0.4, -0.2) is 33.6 Å². The maximum Gasteiger partial charge on any atom is 0.305 e. The van der Waals surface area contributed by atoms with E-state index in [1.807, 2.05) is 32.6 Å². The van der Waals surface area contributed by atoms with Crippen LogP contribution < -0.4 is 4.90 Å². The van der Waals surface area contributed by atoms with Crippen molar-refractivity contribution in [2.75, 3.05) is 11.4 Å². The Hall–Kier alpha value is -1.65. The number of rotatable bonds is 5. The van der Waals surface area contributed by atoms with Gasteiger partial charge >= 0.3 is 5.97 Å². The van der Waals surface area contributed by atoms with Gasteiger partial charge in [-0.15, -0.1) is 0 Å². The van der Waals surface area contributed by atoms with E-state index in [1.165, 1.54) is 0 Å². The second-order valence-electron chi connectivity index (χ2n) is 4.33. The second-order valence-corrected chi connectivity index (χ2v) is 4.33. The average Bonchev–Trinajstić information content (AvgIpc) is 2.22. The van der Waals surface area contributed by atoms with Crippen LogP contribution in [0.4, 0.5) is 5.82 Å². The Kier molecular flexibility index (Phi) is 4.43. The highest BCUT2D eigenvalue weighted by molar-refractivity contribution is 5.67. The summed E-state index contributed by atoms with van der Waals surface area (Å²) in [5.74, 6) is -0.0585. The predicted octanol–water partition coefficient (Wildman–Crippen LogP) is 1.78. The molecule has 0 aliphatic carbocycles. The highest BCUT2D eigenvalue weighted by atomic mass is 16.4. The number of aromatic nitrogens is 2. The molecule has 0 radical (unpaired) electrons. The number of aliphatic carboxylic acids is 1. The molecule has 0 unspecified atom stereocenters. The normalized spacial score (nSPS) is 10.6. The smallest absolute Gasteiger partial charge is 0.305 e. The van der Waals surface area contributed by atoms with E-state index in [-0.39, 0.29) is 12.5 Å². The van der Waals surface area contributed by atoms with Crippen molar-refractivity contribution in [3.63, 3.8) is 0 Å². The largest absolute Gasteiger partial charge is 0.481 e. The van der Waals surface area contributed by atoms with E-state index in [9.17, 15) is 4.79 Å². The van der Waals surface area contributed by atoms with Gasteiger partial charge in [-0.1, -0.05) is 0 Å². The number of aryl methyl sites for hydroxylation is 2. The number of carboxylic acid groups (broad SMARTS) is 1. The predicted molar refractivity (Wildman–Crippen MR) is 66.2 cm³/mol. The van der Waals surface area contributed by atoms with Crippen molar-refractivity contribution in [2.24, 2.45) is 0 Å². The number of hydrogen-bond acceptors (Lipinski definition) is 4. The fourth-order valence-electron chi connectivity index (χ4n) is 1.52. The Morgan fingerprint density at radius 1 is 1.41 bits per heavy atom. The Labute approximate surface area is 102 Å². The molecule has 1 heterocycles. The molecule has 0 saturated carbocycles. The Bertz CT molecular complexity index is 405. The summed E-state index contributed by atoms with van der Waals surface area (Å²) in [4.78, 5) is 21.3. The van der Waals surface area contributed by atoms with E-state index >= 15 is 0 Å². The van der Waals surface area contributed by atoms with Crippen molar-refractivity contribution < 1.29 is 9.90 Å². The lowest BCUT2D eigenvalue weighted by molar-refractivity contribution is -0.136. The van der Waals surface area contributed by atoms with E-state index in [1.54, 1.807) is 6.20 Å². The van der Waals surface area contributed by atoms with Gasteiger partial charge in [-0.3, -0.25) is 9.78 Å². The van der Waals surface area contributed by atoms with Crippen molar-refractivity contribution in [1.82, 2.24) is 9.97 Å². The van der Waals surface area contributed by atoms with Crippen LogP contribution in [0.5, 0.6) is 0 Å². The van der Waals surface area contributed by atoms with Crippen molar-refractivity contribution >= 4 is 11.8 Å². The molecule has 0 bridgehead atoms. The molecule has 0 atom stereocenters. The summed E-state index contributed by atoms with van der Waals surface area (Å²) in [6, 6.07) is 0.200. The lowest BCUT2D eigenvalue weighted by Gasteiger charge is -2.27. The summed E-state index contributed by atoms with van der Waals surface area (Å²) < 4.78 is 0. The summed E-state index contributed by atoms with van der Waals surface area (Å²) in [6.45, 7) is 8.28. The number of carboxylic acids is 1. The summed E-state index contributed by atoms with van der Waals surface area (Å²) in [7, 11) is 0. The van der Waals surface area contributed by atoms with Crippen molar-refractivity contribution in [2.45, 2.75) is 40.2 Å². The molecule has 0 aromatic carbocycles. The zero-order valence-electron chi connectivity index (χ0n) is 10.8. The van der Waals surface area contributed by atoms with Gasteiger partial charge in [-0.25, -0.2) is 4.98 Å². The molecule has 5 heteroatoms. The van der Waals surface area contributed by atoms with Gasteiger partial charge in [0.25, 0.3) is 0 Å². The number of carbonyl (C=O) groups is 1. The van der Waals surface area contributed by atoms with Crippen LogP contribution in [0, 0.1) is 13.8 Å². The summed E-state index contributed by atoms with van der Waals surface area (Å²) >= 11 is 0. The first-order valence-electron chi connectivity index (χ1n) is 5.70. The lowest BCUT2D eigenvalue weighted by atomic mass is 10.2. The molecular weight excluding hydrogens is 218 g/mol. The molecule has 17 heavy (non-hydrogen) atoms. The van der Waals surface area contributed by atoms with Gasteiger partial charge in [0, 0.05) is 12.6 Å². The first kappa shape index (κ1) is 13.4. The molecule has 0 fully saturated rings. The third-order valence-electron chi connectivity index (χ3n) is 2.66. The van der Waals surface area contributed by atoms with Gasteiger partial charge in [0.15, 0.2) is 0 Å². The molecule has 5 nitrogen and oxygen atoms in total. The van der Waals surface area contributed by atoms with Gasteiger partial charge < -0.3 is 10.0 Å². The number of hydrogen-bond donors (Lipinski definition) is 1. The van der Waals surface area contributed by atoms with Crippen LogP contribution in [-0.2, 0) is 4.79 Å². The van der Waals surface area contributed by atoms with Crippen LogP contribution in [0.3, 0.4) is 0 Å². The van der Waals surface area contributed by atoms with E-state index in [4.69, 9.17) is 5.11 Å². The molecule has 0 saturated heterocycles. The minimum absolute atomic E-state index is 0.104. The zero-order chi connectivity index (χ0) is 13.0. The lowest BCUT2D eigenvalue weighted by Crippen LogP contribution is -2.33. The van der Waals surface area contributed by atoms with Crippen LogP contribution in [0.15, 0.2) is 6.20 Å². The molecule has 94 valence electrons. The number of anilines is 1. The topological polar surface area (TPSA) is 66.3 Å². The van der Waals surface area contributed by atoms with Crippen LogP contribution in [0.25, 0.3) is 0 Å². The fraction of sp³-hybridized carbons (Fsp3) is 0.583. The van der Waals surface area contributed by atoms with Gasteiger partial charge in [0.05, 0.1) is 24.0 Å². The second kappa shape index (κ2) is 5.61. The maximum atomic E-state index is 10.6. The van der Waals surface area contributed by atoms with Crippen molar-refractivity contribution in [1.29, 1.82) is 0 Å². The van der Waals surface area contributed by atoms with E-state index in [0.29, 0.717) is 6.54 Å². The van der Waals surface area contributed by atoms with Crippen molar-refractivity contribution in [3.8, 4) is 0 Å². The number of nitrogens with zero attached hydrogens (tertiary/aromatic N) is 3. The summed E-state index contributed by atoms with van der Waals surface area (Å²) in [6.07, 6.45) is 1.80. The summed E-state index contributed by atoms with van der Waals surface area (Å²) in [5, 5.41) is 8.73. The van der Waals surface area contributed by atoms with Crippen LogP contribution in [0.1, 0.15) is 31.7 Å². The Morgan fingerprint density at radius 2 is 2.06 bits per heavy atom. The molecule has 0 spiro atoms.